The van der Waals surface area contributed by atoms with E-state index in [0.717, 1.165) is 50.9 Å². The first-order valence-electron chi connectivity index (χ1n) is 8.86. The Morgan fingerprint density at radius 1 is 1.10 bits per heavy atom. The molecule has 0 unspecified atom stereocenters. The predicted molar refractivity (Wildman–Crippen MR) is 82.7 cm³/mol. The van der Waals surface area contributed by atoms with Gasteiger partial charge in [0.15, 0.2) is 0 Å². The van der Waals surface area contributed by atoms with Crippen molar-refractivity contribution in [3.8, 4) is 0 Å². The Kier molecular flexibility index (Phi) is 2.96. The molecule has 116 valence electrons. The highest BCUT2D eigenvalue weighted by Gasteiger charge is 2.58. The Labute approximate surface area is 128 Å². The lowest BCUT2D eigenvalue weighted by Crippen LogP contribution is -2.50. The van der Waals surface area contributed by atoms with Crippen LogP contribution in [0.5, 0.6) is 0 Å². The van der Waals surface area contributed by atoms with Gasteiger partial charge in [-0.15, -0.1) is 0 Å². The molecule has 0 aliphatic heterocycles. The molecule has 0 aromatic rings. The van der Waals surface area contributed by atoms with Crippen LogP contribution in [-0.4, -0.2) is 17.0 Å². The fourth-order valence-electron chi connectivity index (χ4n) is 6.41. The Morgan fingerprint density at radius 3 is 2.62 bits per heavy atom. The van der Waals surface area contributed by atoms with Crippen LogP contribution in [0.15, 0.2) is 11.6 Å². The fourth-order valence-corrected chi connectivity index (χ4v) is 6.41. The molecule has 0 saturated heterocycles. The van der Waals surface area contributed by atoms with Crippen molar-refractivity contribution in [3.63, 3.8) is 0 Å². The maximum absolute atomic E-state index is 12.4. The summed E-state index contributed by atoms with van der Waals surface area (Å²) < 4.78 is 0. The van der Waals surface area contributed by atoms with Crippen LogP contribution in [0.25, 0.3) is 0 Å². The van der Waals surface area contributed by atoms with E-state index < -0.39 is 0 Å². The Bertz CT molecular complexity index is 508. The molecule has 6 atom stereocenters. The SMILES string of the molecule is C[C@]12CC[C@H](O)CC1=CC[C@H]1[C@@H]2CC[C@]2(C)C(=O)CC[C@@H]12. The number of Topliss-reactive ketones (excluding diaryl/α,β-unsaturated/α-hetero) is 1. The maximum atomic E-state index is 12.4. The number of carbonyl (C=O) groups excluding carboxylic acids is 1. The van der Waals surface area contributed by atoms with Gasteiger partial charge in [-0.1, -0.05) is 25.5 Å². The van der Waals surface area contributed by atoms with E-state index in [0.29, 0.717) is 23.0 Å². The highest BCUT2D eigenvalue weighted by atomic mass is 16.3. The lowest BCUT2D eigenvalue weighted by molar-refractivity contribution is -0.132. The molecule has 0 spiro atoms. The average molecular weight is 288 g/mol. The summed E-state index contributed by atoms with van der Waals surface area (Å²) >= 11 is 0. The van der Waals surface area contributed by atoms with Crippen LogP contribution in [0.4, 0.5) is 0 Å². The second-order valence-electron chi connectivity index (χ2n) is 8.57. The average Bonchev–Trinajstić information content (AvgIpc) is 2.76. The zero-order chi connectivity index (χ0) is 14.8. The van der Waals surface area contributed by atoms with Crippen molar-refractivity contribution in [2.45, 2.75) is 71.3 Å². The Balaban J connectivity index is 1.69. The van der Waals surface area contributed by atoms with Crippen LogP contribution in [-0.2, 0) is 4.79 Å². The minimum Gasteiger partial charge on any atom is -0.393 e. The van der Waals surface area contributed by atoms with E-state index in [1.165, 1.54) is 12.0 Å². The standard InChI is InChI=1S/C19H28O2/c1-18-9-7-13(20)11-12(18)3-4-14-15-5-6-17(21)19(15,2)10-8-16(14)18/h3,13-16,20H,4-11H2,1-2H3/t13-,14+,15-,16-,18-,19-/m0/s1. The van der Waals surface area contributed by atoms with Gasteiger partial charge in [0.25, 0.3) is 0 Å². The number of aliphatic hydroxyl groups is 1. The van der Waals surface area contributed by atoms with Gasteiger partial charge in [0.05, 0.1) is 6.10 Å². The lowest BCUT2D eigenvalue weighted by atomic mass is 9.48. The third-order valence-electron chi connectivity index (χ3n) is 7.79. The second-order valence-corrected chi connectivity index (χ2v) is 8.57. The number of hydrogen-bond acceptors (Lipinski definition) is 2. The Morgan fingerprint density at radius 2 is 1.81 bits per heavy atom. The van der Waals surface area contributed by atoms with Crippen LogP contribution >= 0.6 is 0 Å². The molecule has 0 heterocycles. The molecule has 21 heavy (non-hydrogen) atoms. The number of rotatable bonds is 0. The van der Waals surface area contributed by atoms with E-state index in [1.807, 2.05) is 0 Å². The smallest absolute Gasteiger partial charge is 0.139 e. The summed E-state index contributed by atoms with van der Waals surface area (Å²) in [5, 5.41) is 10.00. The number of fused-ring (bicyclic) bond motifs is 5. The van der Waals surface area contributed by atoms with Crippen LogP contribution in [0.3, 0.4) is 0 Å². The molecule has 0 amide bonds. The summed E-state index contributed by atoms with van der Waals surface area (Å²) in [6.45, 7) is 4.69. The number of allylic oxidation sites excluding steroid dienone is 1. The zero-order valence-corrected chi connectivity index (χ0v) is 13.4. The molecule has 1 N–H and O–H groups in total. The molecular formula is C19H28O2. The normalized spacial score (nSPS) is 52.7. The van der Waals surface area contributed by atoms with E-state index in [1.54, 1.807) is 0 Å². The summed E-state index contributed by atoms with van der Waals surface area (Å²) in [6, 6.07) is 0. The number of ketones is 1. The molecule has 0 aromatic heterocycles. The molecule has 4 aliphatic rings. The third-order valence-corrected chi connectivity index (χ3v) is 7.79. The van der Waals surface area contributed by atoms with E-state index in [-0.39, 0.29) is 11.5 Å². The van der Waals surface area contributed by atoms with Crippen LogP contribution in [0.1, 0.15) is 65.2 Å². The van der Waals surface area contributed by atoms with Crippen LogP contribution < -0.4 is 0 Å². The summed E-state index contributed by atoms with van der Waals surface area (Å²) in [7, 11) is 0. The third kappa shape index (κ3) is 1.78. The largest absolute Gasteiger partial charge is 0.393 e. The van der Waals surface area contributed by atoms with Gasteiger partial charge in [0, 0.05) is 11.8 Å². The van der Waals surface area contributed by atoms with E-state index in [4.69, 9.17) is 0 Å². The van der Waals surface area contributed by atoms with E-state index in [9.17, 15) is 9.90 Å². The quantitative estimate of drug-likeness (QED) is 0.687. The van der Waals surface area contributed by atoms with Crippen molar-refractivity contribution in [1.29, 1.82) is 0 Å². The minimum absolute atomic E-state index is 0.0168. The van der Waals surface area contributed by atoms with Crippen molar-refractivity contribution in [2.24, 2.45) is 28.6 Å². The molecule has 3 saturated carbocycles. The summed E-state index contributed by atoms with van der Waals surface area (Å²) in [4.78, 5) is 12.4. The molecular weight excluding hydrogens is 260 g/mol. The summed E-state index contributed by atoms with van der Waals surface area (Å²) in [5.74, 6) is 2.60. The molecule has 2 nitrogen and oxygen atoms in total. The van der Waals surface area contributed by atoms with Gasteiger partial charge in [-0.2, -0.15) is 0 Å². The van der Waals surface area contributed by atoms with Gasteiger partial charge < -0.3 is 5.11 Å². The molecule has 0 bridgehead atoms. The van der Waals surface area contributed by atoms with Crippen molar-refractivity contribution >= 4 is 5.78 Å². The lowest BCUT2D eigenvalue weighted by Gasteiger charge is -2.56. The van der Waals surface area contributed by atoms with Gasteiger partial charge in [-0.05, 0) is 68.1 Å². The maximum Gasteiger partial charge on any atom is 0.139 e. The molecule has 4 rings (SSSR count). The van der Waals surface area contributed by atoms with E-state index >= 15 is 0 Å². The van der Waals surface area contributed by atoms with Crippen molar-refractivity contribution in [2.75, 3.05) is 0 Å². The fraction of sp³-hybridized carbons (Fsp3) is 0.842. The monoisotopic (exact) mass is 288 g/mol. The molecule has 2 heteroatoms. The van der Waals surface area contributed by atoms with E-state index in [2.05, 4.69) is 19.9 Å². The van der Waals surface area contributed by atoms with Gasteiger partial charge in [-0.3, -0.25) is 4.79 Å². The topological polar surface area (TPSA) is 37.3 Å². The zero-order valence-electron chi connectivity index (χ0n) is 13.4. The Hall–Kier alpha value is -0.630. The first-order chi connectivity index (χ1) is 9.95. The molecule has 0 radical (unpaired) electrons. The predicted octanol–water partition coefficient (Wildman–Crippen LogP) is 3.88. The summed E-state index contributed by atoms with van der Waals surface area (Å²) in [6.07, 6.45) is 10.7. The van der Waals surface area contributed by atoms with Crippen molar-refractivity contribution in [3.05, 3.63) is 11.6 Å². The molecule has 0 aromatic carbocycles. The number of carbonyl (C=O) groups is 1. The van der Waals surface area contributed by atoms with Gasteiger partial charge in [-0.25, -0.2) is 0 Å². The first-order valence-corrected chi connectivity index (χ1v) is 8.86. The van der Waals surface area contributed by atoms with Crippen LogP contribution in [0, 0.1) is 28.6 Å². The number of aliphatic hydroxyl groups excluding tert-OH is 1. The first kappa shape index (κ1) is 14.0. The minimum atomic E-state index is -0.122. The number of hydrogen-bond donors (Lipinski definition) is 1. The summed E-state index contributed by atoms with van der Waals surface area (Å²) in [5.41, 5.74) is 1.81. The molecule has 4 aliphatic carbocycles. The highest BCUT2D eigenvalue weighted by molar-refractivity contribution is 5.87. The van der Waals surface area contributed by atoms with Crippen molar-refractivity contribution in [1.82, 2.24) is 0 Å². The van der Waals surface area contributed by atoms with Gasteiger partial charge >= 0.3 is 0 Å². The second kappa shape index (κ2) is 4.44. The van der Waals surface area contributed by atoms with Gasteiger partial charge in [0.2, 0.25) is 0 Å². The highest BCUT2D eigenvalue weighted by Crippen LogP contribution is 2.63. The van der Waals surface area contributed by atoms with Gasteiger partial charge in [0.1, 0.15) is 5.78 Å². The van der Waals surface area contributed by atoms with Crippen molar-refractivity contribution < 1.29 is 9.90 Å². The van der Waals surface area contributed by atoms with Crippen LogP contribution in [0.2, 0.25) is 0 Å². The molecule has 3 fully saturated rings.